The van der Waals surface area contributed by atoms with Crippen LogP contribution in [0, 0.1) is 71.6 Å². The molecule has 0 aromatic heterocycles. The van der Waals surface area contributed by atoms with Crippen LogP contribution in [-0.4, -0.2) is 0 Å². The molecule has 0 aromatic rings. The summed E-state index contributed by atoms with van der Waals surface area (Å²) in [5, 5.41) is 58.6. The van der Waals surface area contributed by atoms with Crippen molar-refractivity contribution in [1.29, 1.82) is 36.8 Å². The Kier molecular flexibility index (Phi) is 4.31. The van der Waals surface area contributed by atoms with E-state index in [1.165, 1.54) is 4.97 Å². The molecule has 0 aliphatic heterocycles. The van der Waals surface area contributed by atoms with E-state index in [0.29, 0.717) is 0 Å². The van der Waals surface area contributed by atoms with Crippen molar-refractivity contribution in [3.63, 3.8) is 0 Å². The Morgan fingerprint density at radius 3 is 0.688 bits per heavy atom. The van der Waals surface area contributed by atoms with Crippen LogP contribution >= 0.6 is 0 Å². The van der Waals surface area contributed by atoms with Gasteiger partial charge >= 0.3 is 98.4 Å². The van der Waals surface area contributed by atoms with Gasteiger partial charge in [0.25, 0.3) is 0 Å². The van der Waals surface area contributed by atoms with E-state index in [1.54, 1.807) is 0 Å². The molecule has 0 aliphatic rings. The van der Waals surface area contributed by atoms with Crippen LogP contribution in [0.4, 0.5) is 0 Å². The summed E-state index contributed by atoms with van der Waals surface area (Å²) in [5.41, 5.74) is 0. The van der Waals surface area contributed by atoms with Gasteiger partial charge in [0.05, 0.1) is 0 Å². The number of hydrogen-bond acceptors (Lipinski definition) is 7. The fraction of sp³-hybridized carbons (Fsp3) is 0. The second-order valence-electron chi connectivity index (χ2n) is 1.61. The van der Waals surface area contributed by atoms with E-state index in [1.807, 2.05) is 0 Å². The molecule has 0 aromatic carbocycles. The zero-order valence-electron chi connectivity index (χ0n) is 7.29. The molecule has 0 unspecified atom stereocenters. The summed E-state index contributed by atoms with van der Waals surface area (Å²) in [6.07, 6.45) is 0. The van der Waals surface area contributed by atoms with Crippen molar-refractivity contribution in [3.8, 4) is 34.8 Å². The van der Waals surface area contributed by atoms with E-state index >= 15 is 0 Å². The minimum atomic E-state index is -5.77. The van der Waals surface area contributed by atoms with Gasteiger partial charge < -0.3 is 0 Å². The van der Waals surface area contributed by atoms with Crippen molar-refractivity contribution in [3.05, 3.63) is 0 Å². The third-order valence-electron chi connectivity index (χ3n) is 1.01. The van der Waals surface area contributed by atoms with Gasteiger partial charge in [-0.3, -0.25) is 0 Å². The van der Waals surface area contributed by atoms with Crippen molar-refractivity contribution in [2.24, 2.45) is 0 Å². The van der Waals surface area contributed by atoms with Crippen LogP contribution in [-0.2, 0) is 26.7 Å². The summed E-state index contributed by atoms with van der Waals surface area (Å²) in [7, 11) is -5.77. The van der Waals surface area contributed by atoms with Gasteiger partial charge in [0.1, 0.15) is 0 Å². The zero-order valence-corrected chi connectivity index (χ0v) is 9.33. The van der Waals surface area contributed by atoms with Crippen molar-refractivity contribution < 1.29 is 26.7 Å². The van der Waals surface area contributed by atoms with Crippen LogP contribution in [0.1, 0.15) is 0 Å². The first-order valence-electron chi connectivity index (χ1n) is 2.65. The average molecular weight is 302 g/mol. The van der Waals surface area contributed by atoms with Gasteiger partial charge in [-0.05, 0) is 0 Å². The Hall–Kier alpha value is -2.53. The van der Waals surface area contributed by atoms with Gasteiger partial charge in [-0.15, -0.1) is 0 Å². The van der Waals surface area contributed by atoms with Gasteiger partial charge in [0.15, 0.2) is 0 Å². The van der Waals surface area contributed by atoms with Crippen LogP contribution in [0.25, 0.3) is 0 Å². The molecule has 7 nitrogen and oxygen atoms in total. The van der Waals surface area contributed by atoms with Gasteiger partial charge in [0.2, 0.25) is 0 Å². The maximum absolute atomic E-state index is 8.57. The molecular formula is C7CuFeN7. The molecule has 0 rings (SSSR count). The molecule has 0 amide bonds. The Bertz CT molecular complexity index is 471. The minimum absolute atomic E-state index is 1.00. The standard InChI is InChI=1S/7CN.Cu.Fe/c7*1-2;;. The van der Waals surface area contributed by atoms with Crippen LogP contribution < -0.4 is 0 Å². The molecule has 0 bridgehead atoms. The van der Waals surface area contributed by atoms with Crippen molar-refractivity contribution in [1.82, 2.24) is 0 Å². The second-order valence-corrected chi connectivity index (χ2v) is 6.66. The van der Waals surface area contributed by atoms with Crippen LogP contribution in [0.2, 0.25) is 0 Å². The fourth-order valence-corrected chi connectivity index (χ4v) is 0.932. The second kappa shape index (κ2) is 4.33. The van der Waals surface area contributed by atoms with Crippen LogP contribution in [0.3, 0.4) is 0 Å². The maximum atomic E-state index is 8.57. The first kappa shape index (κ1) is 15.9. The molecule has 9 heteroatoms. The Morgan fingerprint density at radius 2 is 0.688 bits per heavy atom. The SMILES string of the molecule is N#[C][Cu]([C]#N)([C]#N)([C]#N)([C]#N)[C]#N.N#[C][Fe]. The van der Waals surface area contributed by atoms with Gasteiger partial charge in [0, 0.05) is 0 Å². The number of rotatable bonds is 0. The molecule has 0 spiro atoms. The van der Waals surface area contributed by atoms with E-state index in [4.69, 9.17) is 36.8 Å². The molecule has 0 fully saturated rings. The summed E-state index contributed by atoms with van der Waals surface area (Å²) in [4.78, 5) is 7.50. The predicted molar refractivity (Wildman–Crippen MR) is 39.3 cm³/mol. The summed E-state index contributed by atoms with van der Waals surface area (Å²) in [6, 6.07) is 0. The summed E-state index contributed by atoms with van der Waals surface area (Å²) >= 11 is 2.79. The Labute approximate surface area is 98.3 Å². The molecule has 0 saturated heterocycles. The van der Waals surface area contributed by atoms with Crippen molar-refractivity contribution >= 4 is 0 Å². The molecule has 0 radical (unpaired) electrons. The van der Waals surface area contributed by atoms with Crippen molar-refractivity contribution in [2.45, 2.75) is 0 Å². The molecule has 82 valence electrons. The third-order valence-corrected chi connectivity index (χ3v) is 4.17. The van der Waals surface area contributed by atoms with Crippen LogP contribution in [0.15, 0.2) is 0 Å². The molecule has 0 saturated carbocycles. The fourth-order valence-electron chi connectivity index (χ4n) is 0.226. The average Bonchev–Trinajstić information content (AvgIpc) is 2.37. The van der Waals surface area contributed by atoms with E-state index in [-0.39, 0.29) is 0 Å². The van der Waals surface area contributed by atoms with E-state index < -0.39 is 10.7 Å². The first-order valence-corrected chi connectivity index (χ1v) is 6.02. The van der Waals surface area contributed by atoms with Gasteiger partial charge in [-0.1, -0.05) is 0 Å². The Balaban J connectivity index is 0. The summed E-state index contributed by atoms with van der Waals surface area (Å²) < 4.78 is 0. The van der Waals surface area contributed by atoms with Crippen molar-refractivity contribution in [2.75, 3.05) is 0 Å². The predicted octanol–water partition coefficient (Wildman–Crippen LogP) is 0.112. The zero-order chi connectivity index (χ0) is 13.4. The molecule has 0 atom stereocenters. The van der Waals surface area contributed by atoms with Gasteiger partial charge in [-0.25, -0.2) is 0 Å². The van der Waals surface area contributed by atoms with E-state index in [2.05, 4.69) is 16.0 Å². The van der Waals surface area contributed by atoms with Gasteiger partial charge in [-0.2, -0.15) is 0 Å². The Morgan fingerprint density at radius 1 is 0.562 bits per heavy atom. The van der Waals surface area contributed by atoms with Crippen LogP contribution in [0.5, 0.6) is 0 Å². The van der Waals surface area contributed by atoms with E-state index in [9.17, 15) is 0 Å². The number of nitriles is 7. The van der Waals surface area contributed by atoms with E-state index in [0.717, 1.165) is 29.8 Å². The first-order chi connectivity index (χ1) is 7.39. The number of nitrogens with zero attached hydrogens (tertiary/aromatic N) is 7. The monoisotopic (exact) mass is 301 g/mol. The molecule has 16 heavy (non-hydrogen) atoms. The number of hydrogen-bond donors (Lipinski definition) is 0. The molecule has 0 N–H and O–H groups in total. The molecule has 0 heterocycles. The summed E-state index contributed by atoms with van der Waals surface area (Å²) in [6.45, 7) is 0. The third kappa shape index (κ3) is 1.67. The molecular weight excluding hydrogens is 302 g/mol. The quantitative estimate of drug-likeness (QED) is 0.572. The topological polar surface area (TPSA) is 167 Å². The normalized spacial score (nSPS) is 11.4. The summed E-state index contributed by atoms with van der Waals surface area (Å²) in [5.74, 6) is 0. The molecule has 0 aliphatic carbocycles.